The summed E-state index contributed by atoms with van der Waals surface area (Å²) in [5.41, 5.74) is 1.40. The molecule has 2 heterocycles. The second kappa shape index (κ2) is 7.55. The monoisotopic (exact) mass is 396 g/mol. The Morgan fingerprint density at radius 2 is 1.73 bits per heavy atom. The summed E-state index contributed by atoms with van der Waals surface area (Å²) >= 11 is 0. The Labute approximate surface area is 159 Å². The van der Waals surface area contributed by atoms with Gasteiger partial charge in [0.25, 0.3) is 0 Å². The summed E-state index contributed by atoms with van der Waals surface area (Å²) in [4.78, 5) is 2.37. The van der Waals surface area contributed by atoms with Crippen LogP contribution in [0, 0.1) is 5.82 Å². The number of fused-ring (bicyclic) bond motifs is 1. The van der Waals surface area contributed by atoms with Gasteiger partial charge in [-0.2, -0.15) is 0 Å². The molecule has 2 aliphatic heterocycles. The molecule has 0 atom stereocenters. The number of rotatable bonds is 3. The van der Waals surface area contributed by atoms with E-state index in [1.54, 1.807) is 36.4 Å². The van der Waals surface area contributed by atoms with Crippen LogP contribution < -0.4 is 10.2 Å². The molecule has 0 radical (unpaired) electrons. The van der Waals surface area contributed by atoms with Gasteiger partial charge in [0, 0.05) is 12.6 Å². The lowest BCUT2D eigenvalue weighted by molar-refractivity contribution is 0.432. The summed E-state index contributed by atoms with van der Waals surface area (Å²) in [5, 5.41) is 3.32. The van der Waals surface area contributed by atoms with E-state index in [0.717, 1.165) is 38.0 Å². The first-order valence-electron chi connectivity index (χ1n) is 8.67. The third kappa shape index (κ3) is 3.33. The number of nitrogens with zero attached hydrogens (tertiary/aromatic N) is 1. The van der Waals surface area contributed by atoms with E-state index in [4.69, 9.17) is 0 Å². The van der Waals surface area contributed by atoms with Gasteiger partial charge in [0.15, 0.2) is 0 Å². The lowest BCUT2D eigenvalue weighted by atomic mass is 10.0. The second-order valence-corrected chi connectivity index (χ2v) is 8.60. The maximum Gasteiger partial charge on any atom is 0.206 e. The van der Waals surface area contributed by atoms with Gasteiger partial charge in [-0.1, -0.05) is 18.2 Å². The molecule has 1 fully saturated rings. The van der Waals surface area contributed by atoms with Crippen LogP contribution in [0.2, 0.25) is 0 Å². The summed E-state index contributed by atoms with van der Waals surface area (Å²) in [6.07, 6.45) is 2.67. The Morgan fingerprint density at radius 3 is 2.42 bits per heavy atom. The normalized spacial score (nSPS) is 17.7. The molecule has 2 aromatic carbocycles. The van der Waals surface area contributed by atoms with Crippen LogP contribution in [0.3, 0.4) is 0 Å². The van der Waals surface area contributed by atoms with E-state index in [0.29, 0.717) is 18.2 Å². The SMILES string of the molecule is Cl.O=S(=O)(c1ccccc1)c1cc(F)c2c(c1)CCN2C1CCNCC1. The number of piperidine rings is 1. The van der Waals surface area contributed by atoms with Crippen LogP contribution in [-0.2, 0) is 16.3 Å². The van der Waals surface area contributed by atoms with Gasteiger partial charge in [0.1, 0.15) is 5.82 Å². The molecule has 0 amide bonds. The van der Waals surface area contributed by atoms with Gasteiger partial charge in [0.2, 0.25) is 9.84 Å². The van der Waals surface area contributed by atoms with Crippen molar-refractivity contribution in [3.63, 3.8) is 0 Å². The van der Waals surface area contributed by atoms with Gasteiger partial charge in [-0.25, -0.2) is 12.8 Å². The molecule has 26 heavy (non-hydrogen) atoms. The number of hydrogen-bond acceptors (Lipinski definition) is 4. The van der Waals surface area contributed by atoms with Crippen LogP contribution in [0.15, 0.2) is 52.3 Å². The molecular weight excluding hydrogens is 375 g/mol. The van der Waals surface area contributed by atoms with Crippen LogP contribution >= 0.6 is 12.4 Å². The van der Waals surface area contributed by atoms with Crippen LogP contribution in [-0.4, -0.2) is 34.1 Å². The Hall–Kier alpha value is -1.63. The lowest BCUT2D eigenvalue weighted by Crippen LogP contribution is -2.42. The van der Waals surface area contributed by atoms with E-state index < -0.39 is 15.7 Å². The molecule has 140 valence electrons. The van der Waals surface area contributed by atoms with E-state index >= 15 is 0 Å². The Kier molecular flexibility index (Phi) is 5.55. The zero-order valence-corrected chi connectivity index (χ0v) is 16.0. The molecule has 0 aromatic heterocycles. The van der Waals surface area contributed by atoms with Gasteiger partial charge < -0.3 is 10.2 Å². The molecule has 1 saturated heterocycles. The molecule has 7 heteroatoms. The highest BCUT2D eigenvalue weighted by molar-refractivity contribution is 7.91. The van der Waals surface area contributed by atoms with Crippen LogP contribution in [0.5, 0.6) is 0 Å². The van der Waals surface area contributed by atoms with Gasteiger partial charge >= 0.3 is 0 Å². The molecule has 2 aromatic rings. The van der Waals surface area contributed by atoms with Crippen LogP contribution in [0.1, 0.15) is 18.4 Å². The quantitative estimate of drug-likeness (QED) is 0.865. The number of sulfone groups is 1. The van der Waals surface area contributed by atoms with Crippen molar-refractivity contribution in [3.05, 3.63) is 53.8 Å². The van der Waals surface area contributed by atoms with E-state index in [-0.39, 0.29) is 22.2 Å². The van der Waals surface area contributed by atoms with Gasteiger partial charge in [0.05, 0.1) is 15.5 Å². The van der Waals surface area contributed by atoms with Crippen LogP contribution in [0.25, 0.3) is 0 Å². The van der Waals surface area contributed by atoms with Crippen LogP contribution in [0.4, 0.5) is 10.1 Å². The maximum atomic E-state index is 14.9. The number of nitrogens with one attached hydrogen (secondary N) is 1. The second-order valence-electron chi connectivity index (χ2n) is 6.65. The summed E-state index contributed by atoms with van der Waals surface area (Å²) in [7, 11) is -3.69. The van der Waals surface area contributed by atoms with Crippen molar-refractivity contribution in [3.8, 4) is 0 Å². The molecule has 4 rings (SSSR count). The topological polar surface area (TPSA) is 49.4 Å². The van der Waals surface area contributed by atoms with Crippen molar-refractivity contribution >= 4 is 27.9 Å². The minimum atomic E-state index is -3.69. The van der Waals surface area contributed by atoms with Crippen molar-refractivity contribution in [1.29, 1.82) is 0 Å². The molecule has 0 aliphatic carbocycles. The van der Waals surface area contributed by atoms with Gasteiger partial charge in [-0.05, 0) is 62.2 Å². The zero-order chi connectivity index (χ0) is 17.4. The Balaban J connectivity index is 0.00000196. The third-order valence-corrected chi connectivity index (χ3v) is 6.89. The largest absolute Gasteiger partial charge is 0.366 e. The number of hydrogen-bond donors (Lipinski definition) is 1. The highest BCUT2D eigenvalue weighted by atomic mass is 35.5. The van der Waals surface area contributed by atoms with E-state index in [1.807, 2.05) is 0 Å². The predicted octanol–water partition coefficient (Wildman–Crippen LogP) is 3.19. The highest BCUT2D eigenvalue weighted by Gasteiger charge is 2.32. The number of anilines is 1. The molecular formula is C19H22ClFN2O2S. The molecule has 1 N–H and O–H groups in total. The standard InChI is InChI=1S/C19H21FN2O2S.ClH/c20-18-13-17(25(23,24)16-4-2-1-3-5-16)12-14-8-11-22(19(14)18)15-6-9-21-10-7-15;/h1-5,12-13,15,21H,6-11H2;1H. The van der Waals surface area contributed by atoms with Crippen molar-refractivity contribution in [1.82, 2.24) is 5.32 Å². The summed E-state index contributed by atoms with van der Waals surface area (Å²) in [6, 6.07) is 11.4. The van der Waals surface area contributed by atoms with Gasteiger partial charge in [-0.3, -0.25) is 0 Å². The Bertz CT molecular complexity index is 884. The number of benzene rings is 2. The first-order chi connectivity index (χ1) is 12.1. The maximum absolute atomic E-state index is 14.9. The molecule has 0 spiro atoms. The van der Waals surface area contributed by atoms with Crippen molar-refractivity contribution in [2.24, 2.45) is 0 Å². The average molecular weight is 397 g/mol. The Morgan fingerprint density at radius 1 is 1.04 bits per heavy atom. The molecule has 0 unspecified atom stereocenters. The van der Waals surface area contributed by atoms with Crippen molar-refractivity contribution in [2.75, 3.05) is 24.5 Å². The highest BCUT2D eigenvalue weighted by Crippen LogP contribution is 2.37. The zero-order valence-electron chi connectivity index (χ0n) is 14.3. The fourth-order valence-electron chi connectivity index (χ4n) is 3.87. The molecule has 0 bridgehead atoms. The molecule has 0 saturated carbocycles. The third-order valence-electron chi connectivity index (χ3n) is 5.14. The minimum absolute atomic E-state index is 0. The lowest BCUT2D eigenvalue weighted by Gasteiger charge is -2.33. The smallest absolute Gasteiger partial charge is 0.206 e. The van der Waals surface area contributed by atoms with E-state index in [2.05, 4.69) is 10.2 Å². The molecule has 4 nitrogen and oxygen atoms in total. The summed E-state index contributed by atoms with van der Waals surface area (Å²) in [6.45, 7) is 2.64. The average Bonchev–Trinajstić information content (AvgIpc) is 3.08. The fourth-order valence-corrected chi connectivity index (χ4v) is 5.21. The first-order valence-corrected chi connectivity index (χ1v) is 10.2. The summed E-state index contributed by atoms with van der Waals surface area (Å²) in [5.74, 6) is -0.428. The number of halogens is 2. The van der Waals surface area contributed by atoms with E-state index in [1.165, 1.54) is 6.07 Å². The van der Waals surface area contributed by atoms with E-state index in [9.17, 15) is 12.8 Å². The summed E-state index contributed by atoms with van der Waals surface area (Å²) < 4.78 is 40.4. The van der Waals surface area contributed by atoms with Crippen molar-refractivity contribution < 1.29 is 12.8 Å². The van der Waals surface area contributed by atoms with Crippen molar-refractivity contribution in [2.45, 2.75) is 35.1 Å². The van der Waals surface area contributed by atoms with Gasteiger partial charge in [-0.15, -0.1) is 12.4 Å². The minimum Gasteiger partial charge on any atom is -0.366 e. The molecule has 2 aliphatic rings. The first kappa shape index (κ1) is 19.1. The fraction of sp³-hybridized carbons (Fsp3) is 0.368. The predicted molar refractivity (Wildman–Crippen MR) is 102 cm³/mol.